The monoisotopic (exact) mass is 1050 g/mol. The number of aliphatic hydroxyl groups is 2. The molecule has 0 bridgehead atoms. The van der Waals surface area contributed by atoms with Crippen LogP contribution in [0.25, 0.3) is 0 Å². The molecule has 6 nitrogen and oxygen atoms in total. The first-order chi connectivity index (χ1) is 37.0. The molecule has 0 saturated heterocycles. The molecular weight excluding hydrogens is 923 g/mol. The van der Waals surface area contributed by atoms with Gasteiger partial charge in [-0.1, -0.05) is 293 Å². The summed E-state index contributed by atoms with van der Waals surface area (Å²) in [5.74, 6) is -0.0943. The zero-order chi connectivity index (χ0) is 54.3. The van der Waals surface area contributed by atoms with Gasteiger partial charge in [0.05, 0.1) is 25.4 Å². The normalized spacial score (nSPS) is 13.0. The van der Waals surface area contributed by atoms with Gasteiger partial charge in [-0.05, 0) is 96.3 Å². The van der Waals surface area contributed by atoms with Crippen molar-refractivity contribution in [3.05, 3.63) is 60.8 Å². The van der Waals surface area contributed by atoms with Gasteiger partial charge >= 0.3 is 5.97 Å². The highest BCUT2D eigenvalue weighted by Crippen LogP contribution is 2.17. The lowest BCUT2D eigenvalue weighted by Gasteiger charge is -2.20. The van der Waals surface area contributed by atoms with Crippen LogP contribution in [-0.2, 0) is 14.3 Å². The van der Waals surface area contributed by atoms with E-state index in [9.17, 15) is 19.8 Å². The Morgan fingerprint density at radius 2 is 0.707 bits per heavy atom. The maximum absolute atomic E-state index is 12.5. The Bertz CT molecular complexity index is 1300. The van der Waals surface area contributed by atoms with Gasteiger partial charge in [0.25, 0.3) is 0 Å². The second kappa shape index (κ2) is 64.1. The van der Waals surface area contributed by atoms with E-state index < -0.39 is 12.1 Å². The molecule has 0 aromatic carbocycles. The molecule has 0 heterocycles. The summed E-state index contributed by atoms with van der Waals surface area (Å²) in [6, 6.07) is -0.638. The van der Waals surface area contributed by atoms with Gasteiger partial charge in [-0.25, -0.2) is 0 Å². The number of allylic oxidation sites excluding steroid dienone is 9. The molecule has 0 spiro atoms. The van der Waals surface area contributed by atoms with Crippen molar-refractivity contribution in [2.75, 3.05) is 13.2 Å². The van der Waals surface area contributed by atoms with Gasteiger partial charge in [-0.2, -0.15) is 0 Å². The summed E-state index contributed by atoms with van der Waals surface area (Å²) in [6.45, 7) is 4.85. The Hall–Kier alpha value is -2.44. The molecule has 0 radical (unpaired) electrons. The fraction of sp³-hybridized carbons (Fsp3) is 0.826. The minimum Gasteiger partial charge on any atom is -0.466 e. The maximum Gasteiger partial charge on any atom is 0.305 e. The Balaban J connectivity index is 3.50. The second-order valence-electron chi connectivity index (χ2n) is 22.5. The van der Waals surface area contributed by atoms with E-state index in [2.05, 4.69) is 67.8 Å². The summed E-state index contributed by atoms with van der Waals surface area (Å²) < 4.78 is 5.47. The molecule has 2 unspecified atom stereocenters. The molecule has 0 saturated carbocycles. The first-order valence-electron chi connectivity index (χ1n) is 33.1. The second-order valence-corrected chi connectivity index (χ2v) is 22.5. The third-order valence-electron chi connectivity index (χ3n) is 15.0. The molecule has 0 rings (SSSR count). The zero-order valence-electron chi connectivity index (χ0n) is 50.0. The molecule has 0 aliphatic heterocycles. The average Bonchev–Trinajstić information content (AvgIpc) is 3.41. The van der Waals surface area contributed by atoms with E-state index >= 15 is 0 Å². The van der Waals surface area contributed by atoms with Crippen LogP contribution < -0.4 is 5.32 Å². The minimum atomic E-state index is -0.854. The highest BCUT2D eigenvalue weighted by molar-refractivity contribution is 5.76. The van der Waals surface area contributed by atoms with Crippen molar-refractivity contribution in [2.24, 2.45) is 0 Å². The van der Waals surface area contributed by atoms with Crippen molar-refractivity contribution in [3.63, 3.8) is 0 Å². The van der Waals surface area contributed by atoms with Crippen LogP contribution in [0, 0.1) is 0 Å². The number of hydrogen-bond donors (Lipinski definition) is 3. The highest BCUT2D eigenvalue weighted by atomic mass is 16.5. The van der Waals surface area contributed by atoms with Crippen molar-refractivity contribution in [3.8, 4) is 0 Å². The van der Waals surface area contributed by atoms with Gasteiger partial charge < -0.3 is 20.3 Å². The van der Waals surface area contributed by atoms with Gasteiger partial charge in [-0.15, -0.1) is 0 Å². The quantitative estimate of drug-likeness (QED) is 0.0244. The molecule has 0 aliphatic carbocycles. The summed E-state index contributed by atoms with van der Waals surface area (Å²) in [6.07, 6.45) is 84.1. The summed E-state index contributed by atoms with van der Waals surface area (Å²) in [4.78, 5) is 24.6. The van der Waals surface area contributed by atoms with Gasteiger partial charge in [0.15, 0.2) is 0 Å². The number of nitrogens with one attached hydrogen (secondary N) is 1. The Morgan fingerprint density at radius 3 is 1.12 bits per heavy atom. The van der Waals surface area contributed by atoms with E-state index in [4.69, 9.17) is 4.74 Å². The smallest absolute Gasteiger partial charge is 0.305 e. The number of aliphatic hydroxyl groups excluding tert-OH is 2. The Kier molecular flexibility index (Phi) is 62.0. The largest absolute Gasteiger partial charge is 0.466 e. The fourth-order valence-corrected chi connectivity index (χ4v) is 9.95. The number of rotatable bonds is 61. The van der Waals surface area contributed by atoms with E-state index in [0.29, 0.717) is 19.4 Å². The highest BCUT2D eigenvalue weighted by Gasteiger charge is 2.18. The number of unbranched alkanes of at least 4 members (excludes halogenated alkanes) is 43. The summed E-state index contributed by atoms with van der Waals surface area (Å²) in [5.41, 5.74) is 0. The number of hydrogen-bond acceptors (Lipinski definition) is 5. The van der Waals surface area contributed by atoms with Gasteiger partial charge in [0, 0.05) is 12.8 Å². The summed E-state index contributed by atoms with van der Waals surface area (Å²) in [7, 11) is 0. The standard InChI is InChI=1S/C69H127NO5/c1-3-5-7-9-11-13-15-17-19-21-23-26-29-33-37-41-45-49-53-57-61-67(72)66(65-71)70-68(73)62-58-54-50-46-42-38-34-30-27-24-28-32-36-40-44-48-52-56-60-64-75-69(74)63-59-55-51-47-43-39-35-31-25-22-20-18-16-14-12-10-8-6-4-2/h12,14,18,20,32,36,40,44,57,61,66-67,71-72H,3-11,13,15-17,19,21-31,33-35,37-39,41-43,45-56,58-60,62-65H2,1-2H3,(H,70,73)/b14-12-,20-18-,36-32-,44-40-,61-57+. The molecule has 75 heavy (non-hydrogen) atoms. The predicted octanol–water partition coefficient (Wildman–Crippen LogP) is 21.1. The molecule has 1 amide bonds. The first kappa shape index (κ1) is 72.6. The van der Waals surface area contributed by atoms with Crippen molar-refractivity contribution in [2.45, 2.75) is 353 Å². The summed E-state index contributed by atoms with van der Waals surface area (Å²) >= 11 is 0. The van der Waals surface area contributed by atoms with Gasteiger partial charge in [0.1, 0.15) is 0 Å². The van der Waals surface area contributed by atoms with Crippen LogP contribution in [0.1, 0.15) is 341 Å². The lowest BCUT2D eigenvalue weighted by atomic mass is 10.0. The lowest BCUT2D eigenvalue weighted by molar-refractivity contribution is -0.143. The molecule has 0 fully saturated rings. The van der Waals surface area contributed by atoms with Crippen LogP contribution in [0.3, 0.4) is 0 Å². The molecule has 3 N–H and O–H groups in total. The lowest BCUT2D eigenvalue weighted by Crippen LogP contribution is -2.45. The van der Waals surface area contributed by atoms with Crippen molar-refractivity contribution in [1.82, 2.24) is 5.32 Å². The van der Waals surface area contributed by atoms with E-state index in [1.54, 1.807) is 6.08 Å². The van der Waals surface area contributed by atoms with Crippen LogP contribution in [0.2, 0.25) is 0 Å². The van der Waals surface area contributed by atoms with Crippen LogP contribution in [0.4, 0.5) is 0 Å². The van der Waals surface area contributed by atoms with Gasteiger partial charge in [-0.3, -0.25) is 9.59 Å². The fourth-order valence-electron chi connectivity index (χ4n) is 9.95. The topological polar surface area (TPSA) is 95.9 Å². The number of amides is 1. The van der Waals surface area contributed by atoms with Crippen LogP contribution >= 0.6 is 0 Å². The zero-order valence-corrected chi connectivity index (χ0v) is 50.0. The van der Waals surface area contributed by atoms with Gasteiger partial charge in [0.2, 0.25) is 5.91 Å². The van der Waals surface area contributed by atoms with E-state index in [1.807, 2.05) is 6.08 Å². The first-order valence-corrected chi connectivity index (χ1v) is 33.1. The van der Waals surface area contributed by atoms with E-state index in [1.165, 1.54) is 231 Å². The maximum atomic E-state index is 12.5. The third kappa shape index (κ3) is 60.6. The molecule has 0 aromatic heterocycles. The molecule has 2 atom stereocenters. The van der Waals surface area contributed by atoms with Crippen molar-refractivity contribution < 1.29 is 24.5 Å². The third-order valence-corrected chi connectivity index (χ3v) is 15.0. The molecular formula is C69H127NO5. The van der Waals surface area contributed by atoms with Crippen LogP contribution in [0.5, 0.6) is 0 Å². The number of ether oxygens (including phenoxy) is 1. The molecule has 0 aliphatic rings. The molecule has 6 heteroatoms. The van der Waals surface area contributed by atoms with E-state index in [0.717, 1.165) is 83.5 Å². The van der Waals surface area contributed by atoms with Crippen LogP contribution in [0.15, 0.2) is 60.8 Å². The van der Waals surface area contributed by atoms with Crippen LogP contribution in [-0.4, -0.2) is 47.4 Å². The minimum absolute atomic E-state index is 0.0180. The number of carbonyl (C=O) groups is 2. The molecule has 0 aromatic rings. The Morgan fingerprint density at radius 1 is 0.387 bits per heavy atom. The Labute approximate surface area is 467 Å². The molecule has 438 valence electrons. The SMILES string of the molecule is CCCCC/C=C\C/C=C\CCCCCCCCCCCC(=O)OCCCCC/C=C\C=C/CCCCCCCCCCCCC(=O)NC(CO)C(O)/C=C/CCCCCCCCCCCCCCCCCCCC. The predicted molar refractivity (Wildman–Crippen MR) is 328 cm³/mol. The summed E-state index contributed by atoms with van der Waals surface area (Å²) in [5, 5.41) is 23.2. The number of carbonyl (C=O) groups excluding carboxylic acids is 2. The van der Waals surface area contributed by atoms with Crippen molar-refractivity contribution in [1.29, 1.82) is 0 Å². The van der Waals surface area contributed by atoms with Crippen molar-refractivity contribution >= 4 is 11.9 Å². The number of esters is 1. The average molecular weight is 1050 g/mol. The van der Waals surface area contributed by atoms with E-state index in [-0.39, 0.29) is 18.5 Å².